The molecule has 0 saturated heterocycles. The zero-order valence-corrected chi connectivity index (χ0v) is 11.7. The van der Waals surface area contributed by atoms with Gasteiger partial charge in [0.25, 0.3) is 5.78 Å². The van der Waals surface area contributed by atoms with E-state index in [1.54, 1.807) is 0 Å². The topological polar surface area (TPSA) is 41.5 Å². The van der Waals surface area contributed by atoms with E-state index in [9.17, 15) is 31.1 Å². The van der Waals surface area contributed by atoms with Gasteiger partial charge in [-0.2, -0.15) is 26.3 Å². The van der Waals surface area contributed by atoms with Crippen molar-refractivity contribution in [3.8, 4) is 0 Å². The molecule has 0 radical (unpaired) electrons. The Morgan fingerprint density at radius 2 is 1.65 bits per heavy atom. The third-order valence-corrected chi connectivity index (χ3v) is 3.13. The first-order valence-corrected chi connectivity index (χ1v) is 6.36. The summed E-state index contributed by atoms with van der Waals surface area (Å²) in [7, 11) is 0. The van der Waals surface area contributed by atoms with Crippen LogP contribution in [-0.4, -0.2) is 24.4 Å². The number of benzene rings is 1. The molecule has 0 amide bonds. The van der Waals surface area contributed by atoms with Crippen molar-refractivity contribution in [3.05, 3.63) is 46.1 Å². The Morgan fingerprint density at radius 1 is 1.09 bits per heavy atom. The number of halogens is 7. The van der Waals surface area contributed by atoms with Gasteiger partial charge in [-0.3, -0.25) is 9.79 Å². The molecule has 0 bridgehead atoms. The molecule has 23 heavy (non-hydrogen) atoms. The number of carbonyl (C=O) groups excluding carboxylic acids is 1. The van der Waals surface area contributed by atoms with E-state index in [1.807, 2.05) is 5.32 Å². The Hall–Kier alpha value is -2.03. The fourth-order valence-electron chi connectivity index (χ4n) is 1.84. The predicted molar refractivity (Wildman–Crippen MR) is 70.0 cm³/mol. The van der Waals surface area contributed by atoms with Gasteiger partial charge in [0.15, 0.2) is 0 Å². The maximum atomic E-state index is 13.0. The van der Waals surface area contributed by atoms with Crippen molar-refractivity contribution < 1.29 is 31.1 Å². The van der Waals surface area contributed by atoms with Crippen molar-refractivity contribution in [2.45, 2.75) is 18.5 Å². The molecule has 1 aliphatic rings. The second-order valence-corrected chi connectivity index (χ2v) is 4.93. The Balaban J connectivity index is 2.41. The van der Waals surface area contributed by atoms with Crippen LogP contribution in [0.15, 0.2) is 40.5 Å². The molecule has 0 saturated carbocycles. The van der Waals surface area contributed by atoms with Gasteiger partial charge in [-0.1, -0.05) is 23.7 Å². The molecule has 1 aromatic rings. The monoisotopic (exact) mass is 356 g/mol. The molecule has 1 aromatic carbocycles. The summed E-state index contributed by atoms with van der Waals surface area (Å²) in [5, 5.41) is 2.15. The molecule has 124 valence electrons. The molecule has 2 rings (SSSR count). The number of ketones is 1. The highest BCUT2D eigenvalue weighted by Gasteiger charge is 2.47. The highest BCUT2D eigenvalue weighted by atomic mass is 35.5. The predicted octanol–water partition coefficient (Wildman–Crippen LogP) is 3.96. The summed E-state index contributed by atoms with van der Waals surface area (Å²) in [5.74, 6) is -2.62. The summed E-state index contributed by atoms with van der Waals surface area (Å²) in [5.41, 5.74) is -3.11. The molecular weight excluding hydrogens is 350 g/mol. The van der Waals surface area contributed by atoms with E-state index < -0.39 is 35.6 Å². The minimum atomic E-state index is -5.44. The van der Waals surface area contributed by atoms with Gasteiger partial charge in [-0.05, 0) is 17.7 Å². The van der Waals surface area contributed by atoms with Crippen LogP contribution in [0.25, 0.3) is 0 Å². The number of allylic oxidation sites excluding steroid dienone is 2. The molecule has 0 spiro atoms. The molecule has 10 heteroatoms. The van der Waals surface area contributed by atoms with Crippen molar-refractivity contribution in [2.75, 3.05) is 0 Å². The maximum Gasteiger partial charge on any atom is 0.455 e. The van der Waals surface area contributed by atoms with Gasteiger partial charge in [0, 0.05) is 11.2 Å². The standard InChI is InChI=1S/C13H7ClF6N2O/c14-7-3-1-6(2-4-7)11-21-5-8(10(23)13(18,19)20)9(22-11)12(15,16)17/h1-5,11,22H. The third kappa shape index (κ3) is 3.84. The van der Waals surface area contributed by atoms with E-state index in [-0.39, 0.29) is 11.8 Å². The first-order chi connectivity index (χ1) is 10.5. The van der Waals surface area contributed by atoms with Gasteiger partial charge in [0.2, 0.25) is 0 Å². The molecule has 1 aliphatic heterocycles. The van der Waals surface area contributed by atoms with Crippen LogP contribution in [0.2, 0.25) is 5.02 Å². The van der Waals surface area contributed by atoms with Crippen LogP contribution in [0.4, 0.5) is 26.3 Å². The number of nitrogens with zero attached hydrogens (tertiary/aromatic N) is 1. The maximum absolute atomic E-state index is 13.0. The minimum absolute atomic E-state index is 0.242. The Labute approximate surface area is 130 Å². The van der Waals surface area contributed by atoms with Crippen molar-refractivity contribution in [1.82, 2.24) is 5.32 Å². The molecular formula is C13H7ClF6N2O. The van der Waals surface area contributed by atoms with Crippen LogP contribution < -0.4 is 5.32 Å². The smallest absolute Gasteiger partial charge is 0.355 e. The average Bonchev–Trinajstić information content (AvgIpc) is 2.45. The normalized spacial score (nSPS) is 18.8. The van der Waals surface area contributed by atoms with Crippen molar-refractivity contribution in [1.29, 1.82) is 0 Å². The molecule has 1 unspecified atom stereocenters. The average molecular weight is 357 g/mol. The number of rotatable bonds is 2. The van der Waals surface area contributed by atoms with Crippen molar-refractivity contribution in [2.24, 2.45) is 4.99 Å². The molecule has 1 atom stereocenters. The van der Waals surface area contributed by atoms with Gasteiger partial charge in [0.1, 0.15) is 11.9 Å². The highest BCUT2D eigenvalue weighted by molar-refractivity contribution is 6.30. The van der Waals surface area contributed by atoms with Crippen molar-refractivity contribution >= 4 is 23.6 Å². The Kier molecular flexibility index (Phi) is 4.43. The molecule has 1 N–H and O–H groups in total. The number of hydrogen-bond donors (Lipinski definition) is 1. The van der Waals surface area contributed by atoms with Crippen LogP contribution in [0, 0.1) is 0 Å². The summed E-state index contributed by atoms with van der Waals surface area (Å²) in [4.78, 5) is 14.7. The van der Waals surface area contributed by atoms with E-state index in [0.29, 0.717) is 5.02 Å². The fourth-order valence-corrected chi connectivity index (χ4v) is 1.97. The second kappa shape index (κ2) is 5.88. The zero-order chi connectivity index (χ0) is 17.4. The van der Waals surface area contributed by atoms with E-state index in [2.05, 4.69) is 4.99 Å². The molecule has 0 fully saturated rings. The van der Waals surface area contributed by atoms with Gasteiger partial charge < -0.3 is 5.32 Å². The first-order valence-electron chi connectivity index (χ1n) is 5.98. The first kappa shape index (κ1) is 17.3. The summed E-state index contributed by atoms with van der Waals surface area (Å²) >= 11 is 5.65. The van der Waals surface area contributed by atoms with E-state index in [0.717, 1.165) is 0 Å². The van der Waals surface area contributed by atoms with Gasteiger partial charge >= 0.3 is 12.4 Å². The number of alkyl halides is 6. The number of nitrogens with one attached hydrogen (secondary N) is 1. The number of carbonyl (C=O) groups is 1. The summed E-state index contributed by atoms with van der Waals surface area (Å²) < 4.78 is 76.1. The Morgan fingerprint density at radius 3 is 2.13 bits per heavy atom. The summed E-state index contributed by atoms with van der Waals surface area (Å²) in [6.45, 7) is 0. The number of hydrogen-bond acceptors (Lipinski definition) is 3. The number of aliphatic imine (C=N–C) groups is 1. The fraction of sp³-hybridized carbons (Fsp3) is 0.231. The zero-order valence-electron chi connectivity index (χ0n) is 11.0. The lowest BCUT2D eigenvalue weighted by Crippen LogP contribution is -2.38. The van der Waals surface area contributed by atoms with Crippen LogP contribution in [0.1, 0.15) is 11.7 Å². The van der Waals surface area contributed by atoms with Crippen LogP contribution in [0.3, 0.4) is 0 Å². The molecule has 1 heterocycles. The molecule has 0 aliphatic carbocycles. The second-order valence-electron chi connectivity index (χ2n) is 4.49. The Bertz CT molecular complexity index is 675. The lowest BCUT2D eigenvalue weighted by atomic mass is 10.1. The van der Waals surface area contributed by atoms with Gasteiger partial charge in [0.05, 0.1) is 5.57 Å². The quantitative estimate of drug-likeness (QED) is 0.815. The molecule has 3 nitrogen and oxygen atoms in total. The molecule has 0 aromatic heterocycles. The summed E-state index contributed by atoms with van der Waals surface area (Å²) in [6, 6.07) is 5.51. The largest absolute Gasteiger partial charge is 0.455 e. The summed E-state index contributed by atoms with van der Waals surface area (Å²) in [6.07, 6.45) is -11.6. The SMILES string of the molecule is O=C(C1=C(C(F)(F)F)NC(c2ccc(Cl)cc2)N=C1)C(F)(F)F. The third-order valence-electron chi connectivity index (χ3n) is 2.87. The highest BCUT2D eigenvalue weighted by Crippen LogP contribution is 2.34. The van der Waals surface area contributed by atoms with Crippen LogP contribution >= 0.6 is 11.6 Å². The minimum Gasteiger partial charge on any atom is -0.355 e. The van der Waals surface area contributed by atoms with E-state index in [1.165, 1.54) is 24.3 Å². The lowest BCUT2D eigenvalue weighted by molar-refractivity contribution is -0.166. The lowest BCUT2D eigenvalue weighted by Gasteiger charge is -2.26. The van der Waals surface area contributed by atoms with Crippen LogP contribution in [-0.2, 0) is 4.79 Å². The van der Waals surface area contributed by atoms with E-state index >= 15 is 0 Å². The van der Waals surface area contributed by atoms with Gasteiger partial charge in [-0.25, -0.2) is 0 Å². The van der Waals surface area contributed by atoms with E-state index in [4.69, 9.17) is 11.6 Å². The van der Waals surface area contributed by atoms with Crippen molar-refractivity contribution in [3.63, 3.8) is 0 Å². The van der Waals surface area contributed by atoms with Crippen LogP contribution in [0.5, 0.6) is 0 Å². The van der Waals surface area contributed by atoms with Gasteiger partial charge in [-0.15, -0.1) is 0 Å². The number of Topliss-reactive ketones (excluding diaryl/α,β-unsaturated/α-hetero) is 1.